The predicted molar refractivity (Wildman–Crippen MR) is 186 cm³/mol. The zero-order chi connectivity index (χ0) is 29.0. The molecular formula is C42H26N2. The molecule has 0 bridgehead atoms. The second-order valence-electron chi connectivity index (χ2n) is 11.4. The summed E-state index contributed by atoms with van der Waals surface area (Å²) in [6, 6.07) is 54.3. The third kappa shape index (κ3) is 3.89. The van der Waals surface area contributed by atoms with Gasteiger partial charge in [-0.2, -0.15) is 0 Å². The van der Waals surface area contributed by atoms with Gasteiger partial charge in [-0.15, -0.1) is 0 Å². The lowest BCUT2D eigenvalue weighted by atomic mass is 9.91. The van der Waals surface area contributed by atoms with Crippen LogP contribution in [0, 0.1) is 0 Å². The molecule has 0 saturated heterocycles. The molecule has 9 aromatic rings. The van der Waals surface area contributed by atoms with E-state index in [1.807, 2.05) is 12.3 Å². The molecule has 0 unspecified atom stereocenters. The van der Waals surface area contributed by atoms with E-state index in [-0.39, 0.29) is 0 Å². The van der Waals surface area contributed by atoms with Crippen LogP contribution in [0.2, 0.25) is 0 Å². The molecule has 9 rings (SSSR count). The number of benzene rings is 7. The Bertz CT molecular complexity index is 2530. The zero-order valence-corrected chi connectivity index (χ0v) is 23.9. The second-order valence-corrected chi connectivity index (χ2v) is 11.4. The van der Waals surface area contributed by atoms with Crippen molar-refractivity contribution in [2.75, 3.05) is 0 Å². The first-order chi connectivity index (χ1) is 21.8. The molecule has 0 aliphatic carbocycles. The molecule has 2 aromatic heterocycles. The molecule has 0 aliphatic heterocycles. The molecule has 2 heterocycles. The fraction of sp³-hybridized carbons (Fsp3) is 0. The third-order valence-electron chi connectivity index (χ3n) is 8.88. The molecule has 0 saturated carbocycles. The Balaban J connectivity index is 1.18. The highest BCUT2D eigenvalue weighted by molar-refractivity contribution is 6.25. The quantitative estimate of drug-likeness (QED) is 0.202. The topological polar surface area (TPSA) is 25.8 Å². The number of hydrogen-bond donors (Lipinski definition) is 0. The number of nitrogens with zero attached hydrogens (tertiary/aromatic N) is 2. The Morgan fingerprint density at radius 1 is 0.318 bits per heavy atom. The second kappa shape index (κ2) is 9.86. The van der Waals surface area contributed by atoms with Gasteiger partial charge in [0.2, 0.25) is 0 Å². The molecule has 0 spiro atoms. The first-order valence-electron chi connectivity index (χ1n) is 15.0. The SMILES string of the molecule is c1cc(-c2ccnc(-c3nc4ccccc4c4ccccc34)c2)cc(-c2ccc3c4ccccc4c4ccccc4c3c2)c1. The van der Waals surface area contributed by atoms with Crippen LogP contribution in [0.4, 0.5) is 0 Å². The first-order valence-corrected chi connectivity index (χ1v) is 15.0. The van der Waals surface area contributed by atoms with Gasteiger partial charge in [-0.25, -0.2) is 4.98 Å². The van der Waals surface area contributed by atoms with Crippen molar-refractivity contribution < 1.29 is 0 Å². The molecule has 44 heavy (non-hydrogen) atoms. The Kier molecular flexibility index (Phi) is 5.54. The van der Waals surface area contributed by atoms with Crippen LogP contribution in [0.1, 0.15) is 0 Å². The van der Waals surface area contributed by atoms with Crippen molar-refractivity contribution in [1.82, 2.24) is 9.97 Å². The fourth-order valence-corrected chi connectivity index (χ4v) is 6.80. The zero-order valence-electron chi connectivity index (χ0n) is 23.9. The van der Waals surface area contributed by atoms with Crippen LogP contribution in [0.3, 0.4) is 0 Å². The molecule has 0 amide bonds. The summed E-state index contributed by atoms with van der Waals surface area (Å²) in [4.78, 5) is 9.88. The van der Waals surface area contributed by atoms with Crippen molar-refractivity contribution in [1.29, 1.82) is 0 Å². The largest absolute Gasteiger partial charge is 0.255 e. The van der Waals surface area contributed by atoms with Gasteiger partial charge in [0.25, 0.3) is 0 Å². The van der Waals surface area contributed by atoms with Crippen LogP contribution in [0.25, 0.3) is 87.6 Å². The van der Waals surface area contributed by atoms with E-state index in [0.29, 0.717) is 0 Å². The van der Waals surface area contributed by atoms with Gasteiger partial charge in [-0.3, -0.25) is 4.98 Å². The van der Waals surface area contributed by atoms with E-state index in [1.54, 1.807) is 0 Å². The molecule has 204 valence electrons. The molecule has 0 atom stereocenters. The van der Waals surface area contributed by atoms with Crippen molar-refractivity contribution in [2.45, 2.75) is 0 Å². The van der Waals surface area contributed by atoms with Gasteiger partial charge < -0.3 is 0 Å². The summed E-state index contributed by atoms with van der Waals surface area (Å²) in [5.41, 5.74) is 7.43. The minimum absolute atomic E-state index is 0.874. The highest BCUT2D eigenvalue weighted by atomic mass is 14.8. The van der Waals surface area contributed by atoms with Gasteiger partial charge in [0.15, 0.2) is 0 Å². The van der Waals surface area contributed by atoms with E-state index in [4.69, 9.17) is 9.97 Å². The van der Waals surface area contributed by atoms with Gasteiger partial charge in [0.05, 0.1) is 16.9 Å². The van der Waals surface area contributed by atoms with Crippen LogP contribution < -0.4 is 0 Å². The number of fused-ring (bicyclic) bond motifs is 9. The van der Waals surface area contributed by atoms with Gasteiger partial charge in [0, 0.05) is 17.0 Å². The molecule has 2 heteroatoms. The van der Waals surface area contributed by atoms with Crippen molar-refractivity contribution in [3.05, 3.63) is 158 Å². The Morgan fingerprint density at radius 2 is 0.818 bits per heavy atom. The van der Waals surface area contributed by atoms with Crippen molar-refractivity contribution in [3.63, 3.8) is 0 Å². The number of para-hydroxylation sites is 1. The first kappa shape index (κ1) is 24.7. The van der Waals surface area contributed by atoms with Crippen molar-refractivity contribution >= 4 is 54.0 Å². The number of pyridine rings is 2. The maximum absolute atomic E-state index is 5.09. The number of rotatable bonds is 3. The average Bonchev–Trinajstić information content (AvgIpc) is 3.11. The van der Waals surface area contributed by atoms with Crippen LogP contribution in [0.15, 0.2) is 158 Å². The smallest absolute Gasteiger partial charge is 0.0972 e. The van der Waals surface area contributed by atoms with E-state index >= 15 is 0 Å². The Morgan fingerprint density at radius 3 is 1.50 bits per heavy atom. The number of hydrogen-bond acceptors (Lipinski definition) is 2. The van der Waals surface area contributed by atoms with Gasteiger partial charge >= 0.3 is 0 Å². The lowest BCUT2D eigenvalue weighted by Crippen LogP contribution is -1.92. The summed E-state index contributed by atoms with van der Waals surface area (Å²) >= 11 is 0. The van der Waals surface area contributed by atoms with Crippen molar-refractivity contribution in [2.24, 2.45) is 0 Å². The van der Waals surface area contributed by atoms with Crippen LogP contribution >= 0.6 is 0 Å². The Labute approximate surface area is 254 Å². The maximum atomic E-state index is 5.09. The normalized spacial score (nSPS) is 11.6. The Hall–Kier alpha value is -5.86. The lowest BCUT2D eigenvalue weighted by Gasteiger charge is -2.13. The van der Waals surface area contributed by atoms with Gasteiger partial charge in [-0.05, 0) is 90.3 Å². The monoisotopic (exact) mass is 558 g/mol. The predicted octanol–water partition coefficient (Wildman–Crippen LogP) is 11.2. The molecule has 0 radical (unpaired) electrons. The molecule has 7 aromatic carbocycles. The molecule has 0 aliphatic rings. The van der Waals surface area contributed by atoms with Gasteiger partial charge in [-0.1, -0.05) is 121 Å². The van der Waals surface area contributed by atoms with Crippen LogP contribution in [-0.2, 0) is 0 Å². The summed E-state index contributed by atoms with van der Waals surface area (Å²) < 4.78 is 0. The van der Waals surface area contributed by atoms with E-state index in [9.17, 15) is 0 Å². The van der Waals surface area contributed by atoms with E-state index in [0.717, 1.165) is 38.8 Å². The standard InChI is InChI=1S/C42H26N2/c1-2-14-33-31(12-1)32-13-3-4-15-34(32)39-25-29(20-21-36(33)39)27-10-9-11-28(24-27)30-22-23-43-41(26-30)42-38-18-6-5-16-35(38)37-17-7-8-19-40(37)44-42/h1-26H. The van der Waals surface area contributed by atoms with E-state index in [1.165, 1.54) is 48.8 Å². The minimum Gasteiger partial charge on any atom is -0.255 e. The van der Waals surface area contributed by atoms with Crippen molar-refractivity contribution in [3.8, 4) is 33.6 Å². The van der Waals surface area contributed by atoms with Gasteiger partial charge in [0.1, 0.15) is 0 Å². The van der Waals surface area contributed by atoms with Crippen LogP contribution in [-0.4, -0.2) is 9.97 Å². The summed E-state index contributed by atoms with van der Waals surface area (Å²) in [5.74, 6) is 0. The molecule has 2 nitrogen and oxygen atoms in total. The highest BCUT2D eigenvalue weighted by Gasteiger charge is 2.13. The molecule has 0 fully saturated rings. The fourth-order valence-electron chi connectivity index (χ4n) is 6.80. The molecule has 0 N–H and O–H groups in total. The lowest BCUT2D eigenvalue weighted by molar-refractivity contribution is 1.29. The maximum Gasteiger partial charge on any atom is 0.0972 e. The third-order valence-corrected chi connectivity index (χ3v) is 8.88. The summed E-state index contributed by atoms with van der Waals surface area (Å²) in [6.07, 6.45) is 1.90. The van der Waals surface area contributed by atoms with E-state index in [2.05, 4.69) is 146 Å². The highest BCUT2D eigenvalue weighted by Crippen LogP contribution is 2.38. The molecular weight excluding hydrogens is 532 g/mol. The van der Waals surface area contributed by atoms with E-state index < -0.39 is 0 Å². The average molecular weight is 559 g/mol. The summed E-state index contributed by atoms with van der Waals surface area (Å²) in [5, 5.41) is 11.2. The summed E-state index contributed by atoms with van der Waals surface area (Å²) in [7, 11) is 0. The summed E-state index contributed by atoms with van der Waals surface area (Å²) in [6.45, 7) is 0. The minimum atomic E-state index is 0.874. The number of aromatic nitrogens is 2. The van der Waals surface area contributed by atoms with Crippen LogP contribution in [0.5, 0.6) is 0 Å².